The maximum Gasteiger partial charge on any atom is 0.397 e. The molecule has 7 heteroatoms. The largest absolute Gasteiger partial charge is 0.481 e. The van der Waals surface area contributed by atoms with E-state index in [2.05, 4.69) is 4.98 Å². The lowest BCUT2D eigenvalue weighted by Gasteiger charge is -2.18. The third-order valence-corrected chi connectivity index (χ3v) is 1.98. The Morgan fingerprint density at radius 2 is 2.27 bits per heavy atom. The molecule has 0 aromatic carbocycles. The lowest BCUT2D eigenvalue weighted by molar-refractivity contribution is -0.164. The van der Waals surface area contributed by atoms with E-state index in [0.29, 0.717) is 0 Å². The SMILES string of the molecule is Cn1cncc1C(CC(=O)O)C(F)(F)F. The lowest BCUT2D eigenvalue weighted by Crippen LogP contribution is -2.25. The van der Waals surface area contributed by atoms with E-state index in [4.69, 9.17) is 5.11 Å². The second-order valence-corrected chi connectivity index (χ2v) is 3.12. The number of halogens is 3. The third-order valence-electron chi connectivity index (χ3n) is 1.98. The van der Waals surface area contributed by atoms with Crippen LogP contribution in [0, 0.1) is 0 Å². The van der Waals surface area contributed by atoms with Gasteiger partial charge in [-0.3, -0.25) is 4.79 Å². The maximum absolute atomic E-state index is 12.5. The van der Waals surface area contributed by atoms with E-state index in [1.165, 1.54) is 17.9 Å². The van der Waals surface area contributed by atoms with Crippen LogP contribution in [0.1, 0.15) is 18.0 Å². The van der Waals surface area contributed by atoms with Crippen LogP contribution in [0.5, 0.6) is 0 Å². The van der Waals surface area contributed by atoms with Gasteiger partial charge in [0.25, 0.3) is 0 Å². The Labute approximate surface area is 83.3 Å². The molecule has 0 spiro atoms. The van der Waals surface area contributed by atoms with E-state index in [-0.39, 0.29) is 5.69 Å². The molecule has 4 nitrogen and oxygen atoms in total. The number of alkyl halides is 3. The number of nitrogens with zero attached hydrogens (tertiary/aromatic N) is 2. The van der Waals surface area contributed by atoms with Gasteiger partial charge in [-0.2, -0.15) is 13.2 Å². The zero-order valence-electron chi connectivity index (χ0n) is 7.82. The van der Waals surface area contributed by atoms with Crippen molar-refractivity contribution in [2.45, 2.75) is 18.5 Å². The zero-order valence-corrected chi connectivity index (χ0v) is 7.82. The molecular formula is C8H9F3N2O2. The third kappa shape index (κ3) is 2.71. The molecule has 1 aromatic heterocycles. The smallest absolute Gasteiger partial charge is 0.397 e. The number of imidazole rings is 1. The number of carboxylic acid groups (broad SMARTS) is 1. The van der Waals surface area contributed by atoms with Crippen LogP contribution in [0.15, 0.2) is 12.5 Å². The lowest BCUT2D eigenvalue weighted by atomic mass is 10.0. The van der Waals surface area contributed by atoms with Gasteiger partial charge in [0, 0.05) is 18.9 Å². The molecule has 1 aromatic rings. The molecule has 1 N–H and O–H groups in total. The van der Waals surface area contributed by atoms with Gasteiger partial charge in [-0.15, -0.1) is 0 Å². The first-order valence-corrected chi connectivity index (χ1v) is 4.07. The average Bonchev–Trinajstić information content (AvgIpc) is 2.45. The Morgan fingerprint density at radius 3 is 2.60 bits per heavy atom. The summed E-state index contributed by atoms with van der Waals surface area (Å²) in [6.45, 7) is 0. The van der Waals surface area contributed by atoms with Crippen molar-refractivity contribution in [2.75, 3.05) is 0 Å². The topological polar surface area (TPSA) is 55.1 Å². The molecule has 0 bridgehead atoms. The van der Waals surface area contributed by atoms with Gasteiger partial charge in [0.15, 0.2) is 0 Å². The van der Waals surface area contributed by atoms with Crippen LogP contribution in [0.4, 0.5) is 13.2 Å². The summed E-state index contributed by atoms with van der Waals surface area (Å²) in [5, 5.41) is 8.41. The summed E-state index contributed by atoms with van der Waals surface area (Å²) in [5.74, 6) is -3.50. The number of carboxylic acids is 1. The van der Waals surface area contributed by atoms with E-state index in [1.54, 1.807) is 0 Å². The van der Waals surface area contributed by atoms with Crippen molar-refractivity contribution < 1.29 is 23.1 Å². The molecule has 0 aliphatic heterocycles. The quantitative estimate of drug-likeness (QED) is 0.843. The summed E-state index contributed by atoms with van der Waals surface area (Å²) in [5.41, 5.74) is -0.148. The van der Waals surface area contributed by atoms with Crippen LogP contribution in [0.25, 0.3) is 0 Å². The molecule has 0 fully saturated rings. The first-order valence-electron chi connectivity index (χ1n) is 4.07. The van der Waals surface area contributed by atoms with Gasteiger partial charge < -0.3 is 9.67 Å². The van der Waals surface area contributed by atoms with Crippen LogP contribution in [0.2, 0.25) is 0 Å². The van der Waals surface area contributed by atoms with Gasteiger partial charge in [0.2, 0.25) is 0 Å². The Morgan fingerprint density at radius 1 is 1.67 bits per heavy atom. The molecule has 1 unspecified atom stereocenters. The Hall–Kier alpha value is -1.53. The van der Waals surface area contributed by atoms with Crippen molar-refractivity contribution in [2.24, 2.45) is 7.05 Å². The molecule has 0 saturated heterocycles. The minimum Gasteiger partial charge on any atom is -0.481 e. The van der Waals surface area contributed by atoms with Gasteiger partial charge in [0.1, 0.15) is 5.92 Å². The van der Waals surface area contributed by atoms with E-state index in [9.17, 15) is 18.0 Å². The molecule has 84 valence electrons. The number of rotatable bonds is 3. The second kappa shape index (κ2) is 3.92. The molecule has 1 atom stereocenters. The summed E-state index contributed by atoms with van der Waals surface area (Å²) in [6, 6.07) is 0. The minimum atomic E-state index is -4.58. The highest BCUT2D eigenvalue weighted by atomic mass is 19.4. The van der Waals surface area contributed by atoms with Crippen LogP contribution >= 0.6 is 0 Å². The zero-order chi connectivity index (χ0) is 11.6. The maximum atomic E-state index is 12.5. The van der Waals surface area contributed by atoms with Crippen molar-refractivity contribution in [3.63, 3.8) is 0 Å². The fraction of sp³-hybridized carbons (Fsp3) is 0.500. The van der Waals surface area contributed by atoms with Gasteiger partial charge in [-0.1, -0.05) is 0 Å². The van der Waals surface area contributed by atoms with Crippen LogP contribution in [-0.2, 0) is 11.8 Å². The number of carbonyl (C=O) groups is 1. The standard InChI is InChI=1S/C8H9F3N2O2/c1-13-4-12-3-6(13)5(2-7(14)15)8(9,10)11/h3-5H,2H2,1H3,(H,14,15). The summed E-state index contributed by atoms with van der Waals surface area (Å²) >= 11 is 0. The fourth-order valence-corrected chi connectivity index (χ4v) is 1.27. The fourth-order valence-electron chi connectivity index (χ4n) is 1.27. The predicted octanol–water partition coefficient (Wildman–Crippen LogP) is 1.54. The van der Waals surface area contributed by atoms with E-state index in [0.717, 1.165) is 6.20 Å². The van der Waals surface area contributed by atoms with E-state index >= 15 is 0 Å². The summed E-state index contributed by atoms with van der Waals surface area (Å²) < 4.78 is 38.7. The van der Waals surface area contributed by atoms with E-state index < -0.39 is 24.5 Å². The molecule has 0 amide bonds. The molecule has 0 saturated carbocycles. The minimum absolute atomic E-state index is 0.148. The number of hydrogen-bond acceptors (Lipinski definition) is 2. The van der Waals surface area contributed by atoms with Gasteiger partial charge >= 0.3 is 12.1 Å². The van der Waals surface area contributed by atoms with Gasteiger partial charge in [-0.25, -0.2) is 4.98 Å². The Kier molecular flexibility index (Phi) is 3.01. The highest BCUT2D eigenvalue weighted by Gasteiger charge is 2.43. The first-order chi connectivity index (χ1) is 6.82. The molecule has 0 aliphatic carbocycles. The highest BCUT2D eigenvalue weighted by Crippen LogP contribution is 2.36. The predicted molar refractivity (Wildman–Crippen MR) is 44.3 cm³/mol. The average molecular weight is 222 g/mol. The molecule has 0 aliphatic rings. The molecule has 0 radical (unpaired) electrons. The number of hydrogen-bond donors (Lipinski definition) is 1. The number of aliphatic carboxylic acids is 1. The summed E-state index contributed by atoms with van der Waals surface area (Å²) in [7, 11) is 1.39. The molecule has 1 rings (SSSR count). The second-order valence-electron chi connectivity index (χ2n) is 3.12. The van der Waals surface area contributed by atoms with Crippen LogP contribution < -0.4 is 0 Å². The van der Waals surface area contributed by atoms with E-state index in [1.807, 2.05) is 0 Å². The summed E-state index contributed by atoms with van der Waals surface area (Å²) in [6.07, 6.45) is -3.33. The van der Waals surface area contributed by atoms with Crippen molar-refractivity contribution in [3.8, 4) is 0 Å². The van der Waals surface area contributed by atoms with Crippen LogP contribution in [-0.4, -0.2) is 26.8 Å². The van der Waals surface area contributed by atoms with Crippen LogP contribution in [0.3, 0.4) is 0 Å². The summed E-state index contributed by atoms with van der Waals surface area (Å²) in [4.78, 5) is 13.9. The Bertz CT molecular complexity index is 359. The van der Waals surface area contributed by atoms with Crippen molar-refractivity contribution in [3.05, 3.63) is 18.2 Å². The van der Waals surface area contributed by atoms with Gasteiger partial charge in [-0.05, 0) is 0 Å². The van der Waals surface area contributed by atoms with Crippen molar-refractivity contribution in [1.29, 1.82) is 0 Å². The molecule has 1 heterocycles. The van der Waals surface area contributed by atoms with Crippen molar-refractivity contribution in [1.82, 2.24) is 9.55 Å². The molecule has 15 heavy (non-hydrogen) atoms. The monoisotopic (exact) mass is 222 g/mol. The number of aryl methyl sites for hydroxylation is 1. The van der Waals surface area contributed by atoms with Gasteiger partial charge in [0.05, 0.1) is 12.7 Å². The highest BCUT2D eigenvalue weighted by molar-refractivity contribution is 5.68. The first kappa shape index (κ1) is 11.5. The Balaban J connectivity index is 3.02. The van der Waals surface area contributed by atoms with Crippen molar-refractivity contribution >= 4 is 5.97 Å². The number of aromatic nitrogens is 2. The normalized spacial score (nSPS) is 13.9. The molecular weight excluding hydrogens is 213 g/mol.